The number of carbonyl (C=O) groups excluding carboxylic acids is 2. The summed E-state index contributed by atoms with van der Waals surface area (Å²) in [6.07, 6.45) is 1.31. The number of amides is 2. The van der Waals surface area contributed by atoms with Crippen LogP contribution in [0.5, 0.6) is 0 Å². The number of nitrogens with zero attached hydrogens (tertiary/aromatic N) is 1. The van der Waals surface area contributed by atoms with Crippen molar-refractivity contribution in [2.45, 2.75) is 18.9 Å². The average molecular weight is 328 g/mol. The van der Waals surface area contributed by atoms with Crippen LogP contribution in [0.3, 0.4) is 0 Å². The van der Waals surface area contributed by atoms with Crippen LogP contribution in [-0.2, 0) is 9.59 Å². The van der Waals surface area contributed by atoms with Gasteiger partial charge in [0.1, 0.15) is 11.9 Å². The highest BCUT2D eigenvalue weighted by Crippen LogP contribution is 2.24. The lowest BCUT2D eigenvalue weighted by Crippen LogP contribution is -2.44. The molecule has 2 heterocycles. The van der Waals surface area contributed by atoms with Gasteiger partial charge in [0.25, 0.3) is 0 Å². The molecule has 2 atom stereocenters. The fraction of sp³-hybridized carbons (Fsp3) is 0.467. The van der Waals surface area contributed by atoms with E-state index in [4.69, 9.17) is 0 Å². The number of hydrogen-bond donors (Lipinski definition) is 2. The zero-order chi connectivity index (χ0) is 14.8. The molecular weight excluding hydrogens is 309 g/mol. The van der Waals surface area contributed by atoms with Crippen molar-refractivity contribution in [3.8, 4) is 0 Å². The summed E-state index contributed by atoms with van der Waals surface area (Å²) in [7, 11) is 0. The van der Waals surface area contributed by atoms with Crippen molar-refractivity contribution < 1.29 is 14.0 Å². The van der Waals surface area contributed by atoms with Gasteiger partial charge >= 0.3 is 0 Å². The average Bonchev–Trinajstić information content (AvgIpc) is 3.11. The van der Waals surface area contributed by atoms with Gasteiger partial charge in [0.2, 0.25) is 11.8 Å². The molecule has 2 fully saturated rings. The lowest BCUT2D eigenvalue weighted by atomic mass is 10.1. The van der Waals surface area contributed by atoms with Gasteiger partial charge in [0, 0.05) is 13.1 Å². The monoisotopic (exact) mass is 327 g/mol. The van der Waals surface area contributed by atoms with Crippen molar-refractivity contribution in [1.29, 1.82) is 0 Å². The molecule has 7 heteroatoms. The highest BCUT2D eigenvalue weighted by Gasteiger charge is 2.36. The quantitative estimate of drug-likeness (QED) is 0.873. The number of nitrogens with one attached hydrogen (secondary N) is 2. The number of carbonyl (C=O) groups is 2. The Morgan fingerprint density at radius 2 is 2.09 bits per heavy atom. The van der Waals surface area contributed by atoms with Crippen LogP contribution in [0.25, 0.3) is 0 Å². The fourth-order valence-corrected chi connectivity index (χ4v) is 2.89. The third kappa shape index (κ3) is 3.23. The SMILES string of the molecule is Cl.O=C(NC1CCN(c2ccccc2F)C1=O)C1CCNC1. The summed E-state index contributed by atoms with van der Waals surface area (Å²) in [5.74, 6) is -0.814. The number of hydrogen-bond acceptors (Lipinski definition) is 3. The predicted molar refractivity (Wildman–Crippen MR) is 83.5 cm³/mol. The van der Waals surface area contributed by atoms with Gasteiger partial charge in [-0.25, -0.2) is 4.39 Å². The Morgan fingerprint density at radius 3 is 2.77 bits per heavy atom. The molecule has 22 heavy (non-hydrogen) atoms. The molecule has 0 saturated carbocycles. The van der Waals surface area contributed by atoms with Crippen LogP contribution in [0.1, 0.15) is 12.8 Å². The van der Waals surface area contributed by atoms with Crippen LogP contribution < -0.4 is 15.5 Å². The minimum Gasteiger partial charge on any atom is -0.344 e. The van der Waals surface area contributed by atoms with Gasteiger partial charge in [0.15, 0.2) is 0 Å². The van der Waals surface area contributed by atoms with E-state index in [1.54, 1.807) is 18.2 Å². The van der Waals surface area contributed by atoms with Crippen LogP contribution in [0.2, 0.25) is 0 Å². The first-order chi connectivity index (χ1) is 10.2. The first kappa shape index (κ1) is 16.7. The highest BCUT2D eigenvalue weighted by molar-refractivity contribution is 6.01. The molecule has 2 amide bonds. The van der Waals surface area contributed by atoms with Crippen LogP contribution in [0, 0.1) is 11.7 Å². The van der Waals surface area contributed by atoms with Crippen molar-refractivity contribution in [3.63, 3.8) is 0 Å². The number of halogens is 2. The Hall–Kier alpha value is -1.66. The molecule has 0 radical (unpaired) electrons. The number of rotatable bonds is 3. The minimum absolute atomic E-state index is 0. The molecule has 0 spiro atoms. The zero-order valence-corrected chi connectivity index (χ0v) is 12.9. The Kier molecular flexibility index (Phi) is 5.37. The fourth-order valence-electron chi connectivity index (χ4n) is 2.89. The smallest absolute Gasteiger partial charge is 0.249 e. The van der Waals surface area contributed by atoms with E-state index in [0.29, 0.717) is 19.5 Å². The van der Waals surface area contributed by atoms with Gasteiger partial charge in [-0.15, -0.1) is 12.4 Å². The first-order valence-corrected chi connectivity index (χ1v) is 7.24. The van der Waals surface area contributed by atoms with Crippen LogP contribution in [0.4, 0.5) is 10.1 Å². The van der Waals surface area contributed by atoms with Gasteiger partial charge in [-0.3, -0.25) is 9.59 Å². The molecule has 3 rings (SSSR count). The third-order valence-electron chi connectivity index (χ3n) is 4.10. The van der Waals surface area contributed by atoms with E-state index in [1.807, 2.05) is 0 Å². The molecular formula is C15H19ClFN3O2. The maximum atomic E-state index is 13.8. The summed E-state index contributed by atoms with van der Waals surface area (Å²) < 4.78 is 13.8. The first-order valence-electron chi connectivity index (χ1n) is 7.24. The molecule has 2 N–H and O–H groups in total. The molecule has 5 nitrogen and oxygen atoms in total. The predicted octanol–water partition coefficient (Wildman–Crippen LogP) is 1.08. The molecule has 0 bridgehead atoms. The topological polar surface area (TPSA) is 61.4 Å². The molecule has 2 saturated heterocycles. The summed E-state index contributed by atoms with van der Waals surface area (Å²) in [6, 6.07) is 5.66. The Labute approximate surface area is 134 Å². The van der Waals surface area contributed by atoms with Gasteiger partial charge < -0.3 is 15.5 Å². The van der Waals surface area contributed by atoms with E-state index in [-0.39, 0.29) is 35.8 Å². The summed E-state index contributed by atoms with van der Waals surface area (Å²) >= 11 is 0. The van der Waals surface area contributed by atoms with E-state index in [0.717, 1.165) is 13.0 Å². The standard InChI is InChI=1S/C15H18FN3O2.ClH/c16-11-3-1-2-4-13(11)19-8-6-12(15(19)21)18-14(20)10-5-7-17-9-10;/h1-4,10,12,17H,5-9H2,(H,18,20);1H. The molecule has 0 aromatic heterocycles. The largest absolute Gasteiger partial charge is 0.344 e. The van der Waals surface area contributed by atoms with Crippen molar-refractivity contribution >= 4 is 29.9 Å². The van der Waals surface area contributed by atoms with E-state index in [2.05, 4.69) is 10.6 Å². The van der Waals surface area contributed by atoms with Crippen LogP contribution in [0.15, 0.2) is 24.3 Å². The Morgan fingerprint density at radius 1 is 1.32 bits per heavy atom. The molecule has 1 aromatic rings. The minimum atomic E-state index is -0.544. The lowest BCUT2D eigenvalue weighted by Gasteiger charge is -2.18. The second-order valence-corrected chi connectivity index (χ2v) is 5.48. The van der Waals surface area contributed by atoms with Gasteiger partial charge in [-0.1, -0.05) is 12.1 Å². The van der Waals surface area contributed by atoms with Crippen LogP contribution in [-0.4, -0.2) is 37.5 Å². The van der Waals surface area contributed by atoms with Crippen molar-refractivity contribution in [3.05, 3.63) is 30.1 Å². The molecule has 0 aliphatic carbocycles. The van der Waals surface area contributed by atoms with Gasteiger partial charge in [-0.2, -0.15) is 0 Å². The van der Waals surface area contributed by atoms with Crippen molar-refractivity contribution in [2.24, 2.45) is 5.92 Å². The van der Waals surface area contributed by atoms with Crippen LogP contribution >= 0.6 is 12.4 Å². The number of para-hydroxylation sites is 1. The summed E-state index contributed by atoms with van der Waals surface area (Å²) in [6.45, 7) is 1.91. The van der Waals surface area contributed by atoms with E-state index in [9.17, 15) is 14.0 Å². The molecule has 2 aliphatic rings. The zero-order valence-electron chi connectivity index (χ0n) is 12.0. The van der Waals surface area contributed by atoms with Crippen molar-refractivity contribution in [1.82, 2.24) is 10.6 Å². The lowest BCUT2D eigenvalue weighted by molar-refractivity contribution is -0.128. The maximum Gasteiger partial charge on any atom is 0.249 e. The van der Waals surface area contributed by atoms with E-state index in [1.165, 1.54) is 11.0 Å². The molecule has 1 aromatic carbocycles. The third-order valence-corrected chi connectivity index (χ3v) is 4.10. The molecule has 2 aliphatic heterocycles. The van der Waals surface area contributed by atoms with Gasteiger partial charge in [-0.05, 0) is 31.5 Å². The number of anilines is 1. The second-order valence-electron chi connectivity index (χ2n) is 5.48. The Balaban J connectivity index is 0.00000176. The summed E-state index contributed by atoms with van der Waals surface area (Å²) in [5.41, 5.74) is 0.279. The number of benzene rings is 1. The Bertz CT molecular complexity index is 563. The summed E-state index contributed by atoms with van der Waals surface area (Å²) in [5, 5.41) is 5.92. The van der Waals surface area contributed by atoms with Gasteiger partial charge in [0.05, 0.1) is 11.6 Å². The second kappa shape index (κ2) is 7.07. The maximum absolute atomic E-state index is 13.8. The van der Waals surface area contributed by atoms with Crippen molar-refractivity contribution in [2.75, 3.05) is 24.5 Å². The normalized spacial score (nSPS) is 24.2. The molecule has 120 valence electrons. The molecule has 2 unspecified atom stereocenters. The highest BCUT2D eigenvalue weighted by atomic mass is 35.5. The van der Waals surface area contributed by atoms with E-state index >= 15 is 0 Å². The van der Waals surface area contributed by atoms with E-state index < -0.39 is 11.9 Å². The summed E-state index contributed by atoms with van der Waals surface area (Å²) in [4.78, 5) is 25.8.